The summed E-state index contributed by atoms with van der Waals surface area (Å²) >= 11 is 3.45. The highest BCUT2D eigenvalue weighted by molar-refractivity contribution is 9.10. The predicted molar refractivity (Wildman–Crippen MR) is 103 cm³/mol. The number of hydrogen-bond acceptors (Lipinski definition) is 1. The third-order valence-corrected chi connectivity index (χ3v) is 4.98. The van der Waals surface area contributed by atoms with Crippen molar-refractivity contribution in [2.45, 2.75) is 40.3 Å². The first-order valence-electron chi connectivity index (χ1n) is 8.23. The molecule has 0 spiro atoms. The van der Waals surface area contributed by atoms with Crippen molar-refractivity contribution in [1.82, 2.24) is 0 Å². The molecule has 0 radical (unpaired) electrons. The number of nitrogens with one attached hydrogen (secondary N) is 2. The van der Waals surface area contributed by atoms with Crippen molar-refractivity contribution in [1.29, 1.82) is 0 Å². The first-order chi connectivity index (χ1) is 11.3. The van der Waals surface area contributed by atoms with Gasteiger partial charge in [-0.3, -0.25) is 4.79 Å². The number of rotatable bonds is 5. The lowest BCUT2D eigenvalue weighted by atomic mass is 10.0. The topological polar surface area (TPSA) is 33.5 Å². The van der Waals surface area contributed by atoms with E-state index in [4.69, 9.17) is 0 Å². The number of carbonyl (C=O) groups is 1. The van der Waals surface area contributed by atoms with Crippen LogP contribution in [0.2, 0.25) is 0 Å². The van der Waals surface area contributed by atoms with Crippen molar-refractivity contribution in [2.24, 2.45) is 0 Å². The van der Waals surface area contributed by atoms with Crippen molar-refractivity contribution >= 4 is 27.5 Å². The molecule has 1 amide bonds. The van der Waals surface area contributed by atoms with Gasteiger partial charge in [0.2, 0.25) is 0 Å². The number of benzene rings is 2. The van der Waals surface area contributed by atoms with Crippen molar-refractivity contribution < 1.29 is 9.69 Å². The van der Waals surface area contributed by atoms with E-state index in [9.17, 15) is 4.79 Å². The summed E-state index contributed by atoms with van der Waals surface area (Å²) < 4.78 is 1.07. The number of halogens is 1. The molecule has 0 aromatic heterocycles. The van der Waals surface area contributed by atoms with E-state index in [0.717, 1.165) is 32.7 Å². The van der Waals surface area contributed by atoms with Crippen LogP contribution < -0.4 is 10.2 Å². The molecule has 0 bridgehead atoms. The predicted octanol–water partition coefficient (Wildman–Crippen LogP) is 3.42. The first kappa shape index (κ1) is 18.7. The number of aryl methyl sites for hydroxylation is 3. The van der Waals surface area contributed by atoms with Crippen LogP contribution in [-0.2, 0) is 11.3 Å². The van der Waals surface area contributed by atoms with E-state index in [2.05, 4.69) is 59.5 Å². The maximum atomic E-state index is 12.6. The third-order valence-electron chi connectivity index (χ3n) is 4.45. The number of quaternary nitrogens is 1. The molecule has 2 aromatic rings. The van der Waals surface area contributed by atoms with Gasteiger partial charge in [-0.05, 0) is 51.0 Å². The van der Waals surface area contributed by atoms with Crippen LogP contribution in [0.4, 0.5) is 5.69 Å². The summed E-state index contributed by atoms with van der Waals surface area (Å²) in [5, 5.41) is 3.11. The Bertz CT molecular complexity index is 702. The second-order valence-corrected chi connectivity index (χ2v) is 7.55. The molecule has 0 aliphatic carbocycles. The second kappa shape index (κ2) is 7.95. The second-order valence-electron chi connectivity index (χ2n) is 6.63. The van der Waals surface area contributed by atoms with Crippen molar-refractivity contribution in [3.63, 3.8) is 0 Å². The van der Waals surface area contributed by atoms with Gasteiger partial charge in [-0.2, -0.15) is 0 Å². The Morgan fingerprint density at radius 2 is 1.67 bits per heavy atom. The summed E-state index contributed by atoms with van der Waals surface area (Å²) in [7, 11) is 2.06. The van der Waals surface area contributed by atoms with E-state index in [-0.39, 0.29) is 11.9 Å². The number of carbonyl (C=O) groups excluding carboxylic acids is 1. The van der Waals surface area contributed by atoms with Gasteiger partial charge in [-0.1, -0.05) is 45.8 Å². The van der Waals surface area contributed by atoms with Gasteiger partial charge in [-0.25, -0.2) is 0 Å². The minimum atomic E-state index is -0.131. The summed E-state index contributed by atoms with van der Waals surface area (Å²) in [6.45, 7) is 8.94. The Hall–Kier alpha value is -1.65. The molecule has 2 aromatic carbocycles. The maximum absolute atomic E-state index is 12.6. The molecule has 2 rings (SSSR count). The summed E-state index contributed by atoms with van der Waals surface area (Å²) in [6, 6.07) is 12.3. The summed E-state index contributed by atoms with van der Waals surface area (Å²) in [6.07, 6.45) is 0. The highest BCUT2D eigenvalue weighted by Gasteiger charge is 2.23. The van der Waals surface area contributed by atoms with Gasteiger partial charge in [0.15, 0.2) is 6.04 Å². The van der Waals surface area contributed by atoms with E-state index < -0.39 is 0 Å². The van der Waals surface area contributed by atoms with E-state index in [1.165, 1.54) is 11.1 Å². The quantitative estimate of drug-likeness (QED) is 0.806. The number of hydrogen-bond donors (Lipinski definition) is 2. The fraction of sp³-hybridized carbons (Fsp3) is 0.350. The average Bonchev–Trinajstić information content (AvgIpc) is 2.52. The van der Waals surface area contributed by atoms with Crippen LogP contribution in [-0.4, -0.2) is 19.0 Å². The molecule has 3 nitrogen and oxygen atoms in total. The van der Waals surface area contributed by atoms with Gasteiger partial charge in [0, 0.05) is 15.7 Å². The standard InChI is InChI=1S/C20H25BrN2O/c1-13-10-14(2)19(15(3)11-13)22-20(24)16(4)23(5)12-17-6-8-18(21)9-7-17/h6-11,16H,12H2,1-5H3,(H,22,24)/p+1/t16-/m0/s1. The monoisotopic (exact) mass is 389 g/mol. The molecular weight excluding hydrogens is 364 g/mol. The van der Waals surface area contributed by atoms with Crippen LogP contribution in [0, 0.1) is 20.8 Å². The van der Waals surface area contributed by atoms with Gasteiger partial charge < -0.3 is 10.2 Å². The van der Waals surface area contributed by atoms with Crippen LogP contribution in [0.15, 0.2) is 40.9 Å². The first-order valence-corrected chi connectivity index (χ1v) is 9.02. The highest BCUT2D eigenvalue weighted by Crippen LogP contribution is 2.21. The Morgan fingerprint density at radius 1 is 1.12 bits per heavy atom. The Kier molecular flexibility index (Phi) is 6.19. The smallest absolute Gasteiger partial charge is 0.282 e. The number of likely N-dealkylation sites (N-methyl/N-ethyl adjacent to an activating group) is 1. The largest absolute Gasteiger partial charge is 0.324 e. The van der Waals surface area contributed by atoms with Gasteiger partial charge in [-0.15, -0.1) is 0 Å². The van der Waals surface area contributed by atoms with E-state index in [0.29, 0.717) is 0 Å². The molecule has 4 heteroatoms. The lowest BCUT2D eigenvalue weighted by Gasteiger charge is -2.22. The fourth-order valence-electron chi connectivity index (χ4n) is 2.91. The molecule has 0 aliphatic rings. The number of amides is 1. The number of anilines is 1. The normalized spacial score (nSPS) is 13.4. The molecule has 0 saturated carbocycles. The molecule has 24 heavy (non-hydrogen) atoms. The van der Waals surface area contributed by atoms with Crippen molar-refractivity contribution in [3.05, 3.63) is 63.1 Å². The Labute approximate surface area is 153 Å². The molecule has 0 saturated heterocycles. The third kappa shape index (κ3) is 4.68. The van der Waals surface area contributed by atoms with E-state index >= 15 is 0 Å². The minimum Gasteiger partial charge on any atom is -0.324 e. The lowest BCUT2D eigenvalue weighted by Crippen LogP contribution is -3.12. The average molecular weight is 390 g/mol. The van der Waals surface area contributed by atoms with E-state index in [1.54, 1.807) is 0 Å². The molecule has 128 valence electrons. The lowest BCUT2D eigenvalue weighted by molar-refractivity contribution is -0.907. The van der Waals surface area contributed by atoms with Crippen LogP contribution >= 0.6 is 15.9 Å². The Morgan fingerprint density at radius 3 is 2.21 bits per heavy atom. The molecule has 0 aliphatic heterocycles. The summed E-state index contributed by atoms with van der Waals surface area (Å²) in [4.78, 5) is 13.8. The van der Waals surface area contributed by atoms with Gasteiger partial charge in [0.1, 0.15) is 6.54 Å². The Balaban J connectivity index is 2.05. The van der Waals surface area contributed by atoms with Crippen LogP contribution in [0.3, 0.4) is 0 Å². The minimum absolute atomic E-state index is 0.0552. The highest BCUT2D eigenvalue weighted by atomic mass is 79.9. The van der Waals surface area contributed by atoms with Gasteiger partial charge in [0.05, 0.1) is 7.05 Å². The molecule has 2 atom stereocenters. The zero-order chi connectivity index (χ0) is 17.9. The van der Waals surface area contributed by atoms with Crippen molar-refractivity contribution in [3.8, 4) is 0 Å². The van der Waals surface area contributed by atoms with Crippen LogP contribution in [0.25, 0.3) is 0 Å². The summed E-state index contributed by atoms with van der Waals surface area (Å²) in [5.74, 6) is 0.0552. The zero-order valence-corrected chi connectivity index (χ0v) is 16.6. The molecular formula is C20H26BrN2O+. The summed E-state index contributed by atoms with van der Waals surface area (Å²) in [5.41, 5.74) is 5.60. The van der Waals surface area contributed by atoms with Crippen LogP contribution in [0.5, 0.6) is 0 Å². The van der Waals surface area contributed by atoms with E-state index in [1.807, 2.05) is 32.9 Å². The van der Waals surface area contributed by atoms with Gasteiger partial charge >= 0.3 is 0 Å². The molecule has 0 heterocycles. The maximum Gasteiger partial charge on any atom is 0.282 e. The molecule has 1 unspecified atom stereocenters. The van der Waals surface area contributed by atoms with Crippen LogP contribution in [0.1, 0.15) is 29.2 Å². The zero-order valence-electron chi connectivity index (χ0n) is 15.0. The molecule has 2 N–H and O–H groups in total. The fourth-order valence-corrected chi connectivity index (χ4v) is 3.17. The van der Waals surface area contributed by atoms with Gasteiger partial charge in [0.25, 0.3) is 5.91 Å². The SMILES string of the molecule is Cc1cc(C)c(NC(=O)[C@H](C)[NH+](C)Cc2ccc(Br)cc2)c(C)c1. The van der Waals surface area contributed by atoms with Crippen molar-refractivity contribution in [2.75, 3.05) is 12.4 Å². The molecule has 0 fully saturated rings.